The summed E-state index contributed by atoms with van der Waals surface area (Å²) < 4.78 is 22.2. The van der Waals surface area contributed by atoms with Crippen LogP contribution in [0.4, 0.5) is 4.79 Å². The fraction of sp³-hybridized carbons (Fsp3) is 0.522. The van der Waals surface area contributed by atoms with Gasteiger partial charge in [0.15, 0.2) is 12.1 Å². The summed E-state index contributed by atoms with van der Waals surface area (Å²) in [6.45, 7) is 9.77. The van der Waals surface area contributed by atoms with Gasteiger partial charge in [-0.05, 0) is 38.5 Å². The highest BCUT2D eigenvalue weighted by atomic mass is 31.0. The molecule has 3 atom stereocenters. The van der Waals surface area contributed by atoms with Crippen LogP contribution in [-0.4, -0.2) is 61.6 Å². The van der Waals surface area contributed by atoms with Crippen LogP contribution < -0.4 is 15.8 Å². The Morgan fingerprint density at radius 2 is 1.88 bits per heavy atom. The topological polar surface area (TPSA) is 127 Å². The molecule has 34 heavy (non-hydrogen) atoms. The molecule has 11 heteroatoms. The van der Waals surface area contributed by atoms with Crippen molar-refractivity contribution >= 4 is 21.8 Å². The lowest BCUT2D eigenvalue weighted by Crippen LogP contribution is -2.52. The first-order valence-electron chi connectivity index (χ1n) is 10.7. The monoisotopic (exact) mass is 498 g/mol. The minimum atomic E-state index is -0.851. The third-order valence-electron chi connectivity index (χ3n) is 5.30. The van der Waals surface area contributed by atoms with Gasteiger partial charge in [0, 0.05) is 42.6 Å². The van der Waals surface area contributed by atoms with Crippen LogP contribution >= 0.6 is 9.47 Å². The number of hydrogen-bond acceptors (Lipinski definition) is 8. The molecular weight excluding hydrogens is 459 g/mol. The Hall–Kier alpha value is -2.36. The number of ether oxygens (including phenoxy) is 3. The normalized spacial score (nSPS) is 13.2. The summed E-state index contributed by atoms with van der Waals surface area (Å²) in [5.74, 6) is -0.329. The Labute approximate surface area is 204 Å². The van der Waals surface area contributed by atoms with Crippen molar-refractivity contribution in [3.05, 3.63) is 48.0 Å². The molecule has 0 saturated heterocycles. The molecule has 2 rings (SSSR count). The number of aldehydes is 1. The maximum Gasteiger partial charge on any atom is 0.327 e. The van der Waals surface area contributed by atoms with Crippen molar-refractivity contribution in [3.63, 3.8) is 0 Å². The van der Waals surface area contributed by atoms with Crippen LogP contribution in [0.1, 0.15) is 50.5 Å². The maximum atomic E-state index is 11.7. The Morgan fingerprint density at radius 3 is 2.29 bits per heavy atom. The number of nitrogens with two attached hydrogens (primary N) is 1. The van der Waals surface area contributed by atoms with Crippen molar-refractivity contribution in [3.8, 4) is 5.75 Å². The fourth-order valence-electron chi connectivity index (χ4n) is 2.58. The molecule has 3 N–H and O–H groups in total. The van der Waals surface area contributed by atoms with Gasteiger partial charge in [-0.1, -0.05) is 19.9 Å². The van der Waals surface area contributed by atoms with E-state index in [1.165, 1.54) is 38.4 Å². The highest BCUT2D eigenvalue weighted by molar-refractivity contribution is 7.09. The first kappa shape index (κ1) is 31.6. The number of carbonyl (C=O) groups excluding carboxylic acids is 2. The Bertz CT molecular complexity index is 855. The van der Waals surface area contributed by atoms with Crippen LogP contribution in [0, 0.1) is 0 Å². The van der Waals surface area contributed by atoms with Crippen molar-refractivity contribution in [2.75, 3.05) is 27.9 Å². The molecular formula is C23H39N4O6P. The average Bonchev–Trinajstić information content (AvgIpc) is 3.44. The molecule has 0 saturated carbocycles. The van der Waals surface area contributed by atoms with E-state index in [9.17, 15) is 9.59 Å². The van der Waals surface area contributed by atoms with Crippen molar-refractivity contribution < 1.29 is 28.3 Å². The van der Waals surface area contributed by atoms with Gasteiger partial charge in [-0.2, -0.15) is 0 Å². The molecule has 10 nitrogen and oxygen atoms in total. The predicted octanol–water partition coefficient (Wildman–Crippen LogP) is 3.35. The second kappa shape index (κ2) is 15.5. The molecule has 1 heterocycles. The van der Waals surface area contributed by atoms with E-state index in [0.717, 1.165) is 11.8 Å². The molecule has 0 spiro atoms. The van der Waals surface area contributed by atoms with Crippen LogP contribution in [0.2, 0.25) is 0 Å². The molecule has 0 aliphatic rings. The zero-order chi connectivity index (χ0) is 26.4. The quantitative estimate of drug-likeness (QED) is 0.306. The van der Waals surface area contributed by atoms with Crippen LogP contribution in [0.5, 0.6) is 5.75 Å². The first-order chi connectivity index (χ1) is 16.1. The zero-order valence-electron chi connectivity index (χ0n) is 21.3. The SMILES string of the molecule is CC.COC(C)(OC)C(C)NC(=O)n1ccnc1.COc1cc(C(C)(CN)OP)ccc1C=O. The molecule has 192 valence electrons. The molecule has 0 aliphatic carbocycles. The zero-order valence-corrected chi connectivity index (χ0v) is 22.5. The molecule has 0 bridgehead atoms. The highest BCUT2D eigenvalue weighted by Crippen LogP contribution is 2.30. The van der Waals surface area contributed by atoms with E-state index in [4.69, 9.17) is 24.5 Å². The number of aromatic nitrogens is 2. The Balaban J connectivity index is 0.000000597. The largest absolute Gasteiger partial charge is 0.496 e. The molecule has 1 aromatic heterocycles. The van der Waals surface area contributed by atoms with E-state index >= 15 is 0 Å². The van der Waals surface area contributed by atoms with Gasteiger partial charge in [-0.25, -0.2) is 9.78 Å². The molecule has 1 aromatic carbocycles. The second-order valence-electron chi connectivity index (χ2n) is 7.19. The number of nitrogens with one attached hydrogen (secondary N) is 1. The number of carbonyl (C=O) groups is 2. The number of nitrogens with zero attached hydrogens (tertiary/aromatic N) is 2. The molecule has 0 radical (unpaired) electrons. The smallest absolute Gasteiger partial charge is 0.327 e. The maximum absolute atomic E-state index is 11.7. The summed E-state index contributed by atoms with van der Waals surface area (Å²) in [4.78, 5) is 26.2. The number of benzene rings is 1. The lowest BCUT2D eigenvalue weighted by atomic mass is 9.95. The van der Waals surface area contributed by atoms with Crippen molar-refractivity contribution in [1.82, 2.24) is 14.9 Å². The van der Waals surface area contributed by atoms with Crippen LogP contribution in [-0.2, 0) is 19.6 Å². The van der Waals surface area contributed by atoms with E-state index in [2.05, 4.69) is 19.8 Å². The lowest BCUT2D eigenvalue weighted by molar-refractivity contribution is -0.207. The number of imidazole rings is 1. The highest BCUT2D eigenvalue weighted by Gasteiger charge is 2.32. The van der Waals surface area contributed by atoms with Gasteiger partial charge in [0.05, 0.1) is 18.7 Å². The van der Waals surface area contributed by atoms with E-state index in [1.807, 2.05) is 33.8 Å². The number of methoxy groups -OCH3 is 3. The van der Waals surface area contributed by atoms with Gasteiger partial charge in [0.1, 0.15) is 17.7 Å². The fourth-order valence-corrected chi connectivity index (χ4v) is 2.81. The Morgan fingerprint density at radius 1 is 1.26 bits per heavy atom. The van der Waals surface area contributed by atoms with Crippen molar-refractivity contribution in [2.45, 2.75) is 52.0 Å². The summed E-state index contributed by atoms with van der Waals surface area (Å²) in [6.07, 6.45) is 5.29. The lowest BCUT2D eigenvalue weighted by Gasteiger charge is -2.33. The van der Waals surface area contributed by atoms with Gasteiger partial charge < -0.3 is 29.8 Å². The minimum Gasteiger partial charge on any atom is -0.496 e. The summed E-state index contributed by atoms with van der Waals surface area (Å²) in [7, 11) is 6.79. The predicted molar refractivity (Wildman–Crippen MR) is 135 cm³/mol. The van der Waals surface area contributed by atoms with Gasteiger partial charge in [0.25, 0.3) is 0 Å². The van der Waals surface area contributed by atoms with Crippen LogP contribution in [0.15, 0.2) is 36.9 Å². The van der Waals surface area contributed by atoms with Crippen LogP contribution in [0.3, 0.4) is 0 Å². The van der Waals surface area contributed by atoms with E-state index in [0.29, 0.717) is 17.9 Å². The molecule has 1 amide bonds. The standard InChI is InChI=1S/C11H16NO3P.C10H17N3O3.C2H6/c1-11(7-12,15-16)9-4-3-8(6-13)10(5-9)14-2;1-8(10(2,15-3)16-4)12-9(14)13-6-5-11-7-13;1-2/h3-6H,7,12,16H2,1-2H3;5-8H,1-4H3,(H,12,14);1-2H3. The first-order valence-corrected chi connectivity index (χ1v) is 11.2. The second-order valence-corrected chi connectivity index (χ2v) is 7.43. The number of amides is 1. The minimum absolute atomic E-state index is 0.273. The third-order valence-corrected chi connectivity index (χ3v) is 5.82. The summed E-state index contributed by atoms with van der Waals surface area (Å²) >= 11 is 0. The molecule has 0 fully saturated rings. The summed E-state index contributed by atoms with van der Waals surface area (Å²) in [6, 6.07) is 4.70. The molecule has 2 aromatic rings. The number of rotatable bonds is 9. The van der Waals surface area contributed by atoms with Gasteiger partial charge in [-0.3, -0.25) is 9.36 Å². The summed E-state index contributed by atoms with van der Waals surface area (Å²) in [5, 5.41) is 2.76. The Kier molecular flexibility index (Phi) is 14.4. The van der Waals surface area contributed by atoms with Gasteiger partial charge in [-0.15, -0.1) is 0 Å². The van der Waals surface area contributed by atoms with Crippen LogP contribution in [0.25, 0.3) is 0 Å². The van der Waals surface area contributed by atoms with E-state index in [-0.39, 0.29) is 12.1 Å². The van der Waals surface area contributed by atoms with E-state index in [1.54, 1.807) is 25.3 Å². The van der Waals surface area contributed by atoms with Crippen molar-refractivity contribution in [2.24, 2.45) is 5.73 Å². The van der Waals surface area contributed by atoms with Gasteiger partial charge in [0.2, 0.25) is 0 Å². The molecule has 3 unspecified atom stereocenters. The number of hydrogen-bond donors (Lipinski definition) is 2. The average molecular weight is 499 g/mol. The van der Waals surface area contributed by atoms with Crippen molar-refractivity contribution in [1.29, 1.82) is 0 Å². The third kappa shape index (κ3) is 8.45. The molecule has 0 aliphatic heterocycles. The summed E-state index contributed by atoms with van der Waals surface area (Å²) in [5.41, 5.74) is 6.44. The van der Waals surface area contributed by atoms with Gasteiger partial charge >= 0.3 is 6.03 Å². The van der Waals surface area contributed by atoms with E-state index < -0.39 is 11.4 Å².